The fourth-order valence-corrected chi connectivity index (χ4v) is 3.41. The highest BCUT2D eigenvalue weighted by molar-refractivity contribution is 6.31. The summed E-state index contributed by atoms with van der Waals surface area (Å²) in [4.78, 5) is 14.6. The Morgan fingerprint density at radius 2 is 2.29 bits per heavy atom. The van der Waals surface area contributed by atoms with Crippen molar-refractivity contribution in [1.82, 2.24) is 20.0 Å². The summed E-state index contributed by atoms with van der Waals surface area (Å²) >= 11 is 6.13. The highest BCUT2D eigenvalue weighted by atomic mass is 35.5. The lowest BCUT2D eigenvalue weighted by Gasteiger charge is -2.24. The summed E-state index contributed by atoms with van der Waals surface area (Å²) < 4.78 is 20.3. The molecule has 9 heteroatoms. The minimum Gasteiger partial charge on any atom is -0.383 e. The van der Waals surface area contributed by atoms with Crippen LogP contribution >= 0.6 is 24.0 Å². The lowest BCUT2D eigenvalue weighted by Crippen LogP contribution is -2.34. The average Bonchev–Trinajstić information content (AvgIpc) is 3.17. The second kappa shape index (κ2) is 10.8. The van der Waals surface area contributed by atoms with Gasteiger partial charge in [0.2, 0.25) is 0 Å². The van der Waals surface area contributed by atoms with Gasteiger partial charge in [-0.3, -0.25) is 9.48 Å². The first-order chi connectivity index (χ1) is 13.1. The summed E-state index contributed by atoms with van der Waals surface area (Å²) in [5.74, 6) is -0.603. The fourth-order valence-electron chi connectivity index (χ4n) is 3.19. The van der Waals surface area contributed by atoms with Crippen molar-refractivity contribution in [3.05, 3.63) is 52.6 Å². The molecule has 1 aliphatic heterocycles. The third kappa shape index (κ3) is 5.67. The molecule has 1 fully saturated rings. The highest BCUT2D eigenvalue weighted by Crippen LogP contribution is 2.21. The van der Waals surface area contributed by atoms with Crippen LogP contribution in [0.4, 0.5) is 4.39 Å². The highest BCUT2D eigenvalue weighted by Gasteiger charge is 2.22. The number of hydrogen-bond acceptors (Lipinski definition) is 4. The molecule has 0 saturated carbocycles. The zero-order valence-corrected chi connectivity index (χ0v) is 17.3. The Bertz CT molecular complexity index is 781. The fraction of sp³-hybridized carbons (Fsp3) is 0.474. The maximum Gasteiger partial charge on any atom is 0.274 e. The van der Waals surface area contributed by atoms with Crippen molar-refractivity contribution in [1.29, 1.82) is 0 Å². The molecule has 1 saturated heterocycles. The maximum absolute atomic E-state index is 13.3. The van der Waals surface area contributed by atoms with Gasteiger partial charge in [0.25, 0.3) is 5.91 Å². The van der Waals surface area contributed by atoms with Gasteiger partial charge in [0.15, 0.2) is 0 Å². The molecule has 154 valence electrons. The van der Waals surface area contributed by atoms with Crippen molar-refractivity contribution in [2.24, 2.45) is 0 Å². The summed E-state index contributed by atoms with van der Waals surface area (Å²) in [6, 6.07) is 6.19. The first-order valence-corrected chi connectivity index (χ1v) is 9.44. The van der Waals surface area contributed by atoms with Crippen molar-refractivity contribution in [3.63, 3.8) is 0 Å². The Morgan fingerprint density at radius 3 is 2.96 bits per heavy atom. The minimum absolute atomic E-state index is 0. The van der Waals surface area contributed by atoms with Crippen LogP contribution in [0.2, 0.25) is 5.02 Å². The smallest absolute Gasteiger partial charge is 0.274 e. The van der Waals surface area contributed by atoms with Gasteiger partial charge in [0.1, 0.15) is 11.5 Å². The molecular formula is C19H25Cl2FN4O2. The van der Waals surface area contributed by atoms with Crippen molar-refractivity contribution in [3.8, 4) is 0 Å². The summed E-state index contributed by atoms with van der Waals surface area (Å²) in [6.45, 7) is 2.92. The van der Waals surface area contributed by atoms with Gasteiger partial charge in [0, 0.05) is 38.0 Å². The molecule has 1 N–H and O–H groups in total. The first-order valence-electron chi connectivity index (χ1n) is 9.06. The van der Waals surface area contributed by atoms with E-state index >= 15 is 0 Å². The second-order valence-corrected chi connectivity index (χ2v) is 7.04. The Hall–Kier alpha value is -1.67. The molecular weight excluding hydrogens is 406 g/mol. The van der Waals surface area contributed by atoms with Gasteiger partial charge >= 0.3 is 0 Å². The van der Waals surface area contributed by atoms with E-state index in [2.05, 4.69) is 10.4 Å². The summed E-state index contributed by atoms with van der Waals surface area (Å²) in [6.07, 6.45) is 3.99. The number of hydrogen-bond donors (Lipinski definition) is 1. The third-order valence-electron chi connectivity index (χ3n) is 4.70. The minimum atomic E-state index is -0.404. The van der Waals surface area contributed by atoms with Gasteiger partial charge in [-0.2, -0.15) is 5.10 Å². The number of piperidine rings is 1. The third-order valence-corrected chi connectivity index (χ3v) is 5.05. The number of rotatable bonds is 7. The predicted molar refractivity (Wildman–Crippen MR) is 109 cm³/mol. The molecule has 3 rings (SSSR count). The SMILES string of the molecule is COCCN(Cc1ccc(F)cc1Cl)C(=O)c1ccn(C2CCCNC2)n1.Cl. The molecule has 1 aliphatic rings. The topological polar surface area (TPSA) is 59.4 Å². The number of ether oxygens (including phenoxy) is 1. The predicted octanol–water partition coefficient (Wildman–Crippen LogP) is 3.31. The lowest BCUT2D eigenvalue weighted by atomic mass is 10.1. The number of amides is 1. The van der Waals surface area contributed by atoms with E-state index < -0.39 is 5.82 Å². The van der Waals surface area contributed by atoms with E-state index in [0.29, 0.717) is 29.4 Å². The molecule has 2 aromatic rings. The molecule has 1 atom stereocenters. The molecule has 28 heavy (non-hydrogen) atoms. The lowest BCUT2D eigenvalue weighted by molar-refractivity contribution is 0.0673. The van der Waals surface area contributed by atoms with Crippen LogP contribution in [0.25, 0.3) is 0 Å². The van der Waals surface area contributed by atoms with Gasteiger partial charge < -0.3 is 15.0 Å². The number of carbonyl (C=O) groups is 1. The number of nitrogens with zero attached hydrogens (tertiary/aromatic N) is 3. The Labute approximate surface area is 175 Å². The van der Waals surface area contributed by atoms with Crippen molar-refractivity contribution in [2.75, 3.05) is 33.4 Å². The molecule has 0 aliphatic carbocycles. The number of aromatic nitrogens is 2. The van der Waals surface area contributed by atoms with E-state index in [0.717, 1.165) is 25.9 Å². The summed E-state index contributed by atoms with van der Waals surface area (Å²) in [5.41, 5.74) is 1.06. The first kappa shape index (κ1) is 22.6. The molecule has 0 spiro atoms. The van der Waals surface area contributed by atoms with Crippen LogP contribution in [0.1, 0.15) is 34.9 Å². The number of carbonyl (C=O) groups excluding carboxylic acids is 1. The molecule has 1 unspecified atom stereocenters. The quantitative estimate of drug-likeness (QED) is 0.731. The van der Waals surface area contributed by atoms with Crippen LogP contribution in [0.15, 0.2) is 30.5 Å². The van der Waals surface area contributed by atoms with E-state index in [1.165, 1.54) is 12.1 Å². The zero-order valence-electron chi connectivity index (χ0n) is 15.7. The number of methoxy groups -OCH3 is 1. The van der Waals surface area contributed by atoms with Gasteiger partial charge in [-0.1, -0.05) is 17.7 Å². The number of benzene rings is 1. The molecule has 0 radical (unpaired) electrons. The molecule has 1 aromatic carbocycles. The standard InChI is InChI=1S/C19H24ClFN4O2.ClH/c1-27-10-9-24(13-14-4-5-15(21)11-17(14)20)19(26)18-6-8-25(23-18)16-3-2-7-22-12-16;/h4-6,8,11,16,22H,2-3,7,9-10,12-13H2,1H3;1H. The van der Waals surface area contributed by atoms with Crippen LogP contribution in [-0.4, -0.2) is 53.9 Å². The van der Waals surface area contributed by atoms with Gasteiger partial charge in [-0.15, -0.1) is 12.4 Å². The maximum atomic E-state index is 13.3. The summed E-state index contributed by atoms with van der Waals surface area (Å²) in [7, 11) is 1.58. The van der Waals surface area contributed by atoms with Crippen molar-refractivity contribution < 1.29 is 13.9 Å². The number of nitrogens with one attached hydrogen (secondary N) is 1. The summed E-state index contributed by atoms with van der Waals surface area (Å²) in [5, 5.41) is 8.14. The largest absolute Gasteiger partial charge is 0.383 e. The molecule has 1 amide bonds. The van der Waals surface area contributed by atoms with Gasteiger partial charge in [-0.25, -0.2) is 4.39 Å². The Kier molecular flexibility index (Phi) is 8.69. The van der Waals surface area contributed by atoms with E-state index in [-0.39, 0.29) is 30.9 Å². The van der Waals surface area contributed by atoms with E-state index in [9.17, 15) is 9.18 Å². The van der Waals surface area contributed by atoms with E-state index in [1.807, 2.05) is 10.9 Å². The Balaban J connectivity index is 0.00000280. The second-order valence-electron chi connectivity index (χ2n) is 6.64. The van der Waals surface area contributed by atoms with Gasteiger partial charge in [-0.05, 0) is 43.1 Å². The van der Waals surface area contributed by atoms with Crippen LogP contribution < -0.4 is 5.32 Å². The van der Waals surface area contributed by atoms with Crippen molar-refractivity contribution in [2.45, 2.75) is 25.4 Å². The van der Waals surface area contributed by atoms with Gasteiger partial charge in [0.05, 0.1) is 12.6 Å². The van der Waals surface area contributed by atoms with Crippen LogP contribution in [-0.2, 0) is 11.3 Å². The number of halogens is 3. The normalized spacial score (nSPS) is 16.5. The average molecular weight is 431 g/mol. The molecule has 2 heterocycles. The Morgan fingerprint density at radius 1 is 1.46 bits per heavy atom. The molecule has 0 bridgehead atoms. The van der Waals surface area contributed by atoms with E-state index in [4.69, 9.17) is 16.3 Å². The zero-order chi connectivity index (χ0) is 19.2. The molecule has 6 nitrogen and oxygen atoms in total. The molecule has 1 aromatic heterocycles. The van der Waals surface area contributed by atoms with Crippen LogP contribution in [0, 0.1) is 5.82 Å². The van der Waals surface area contributed by atoms with E-state index in [1.54, 1.807) is 24.1 Å². The van der Waals surface area contributed by atoms with Crippen molar-refractivity contribution >= 4 is 29.9 Å². The van der Waals surface area contributed by atoms with Crippen LogP contribution in [0.5, 0.6) is 0 Å². The monoisotopic (exact) mass is 430 g/mol. The van der Waals surface area contributed by atoms with Crippen LogP contribution in [0.3, 0.4) is 0 Å².